The lowest BCUT2D eigenvalue weighted by Crippen LogP contribution is -1.98. The monoisotopic (exact) mass is 320 g/mol. The fourth-order valence-corrected chi connectivity index (χ4v) is 2.75. The number of halogens is 1. The van der Waals surface area contributed by atoms with Crippen LogP contribution in [-0.2, 0) is 7.05 Å². The van der Waals surface area contributed by atoms with Crippen molar-refractivity contribution in [1.29, 1.82) is 0 Å². The van der Waals surface area contributed by atoms with Gasteiger partial charge in [-0.15, -0.1) is 23.7 Å². The minimum Gasteiger partial charge on any atom is -0.316 e. The third kappa shape index (κ3) is 3.43. The van der Waals surface area contributed by atoms with Crippen LogP contribution in [0.2, 0.25) is 0 Å². The highest BCUT2D eigenvalue weighted by Gasteiger charge is 2.07. The first-order chi connectivity index (χ1) is 9.61. The maximum Gasteiger partial charge on any atom is 0.188 e. The van der Waals surface area contributed by atoms with Crippen molar-refractivity contribution >= 4 is 34.7 Å². The van der Waals surface area contributed by atoms with E-state index in [9.17, 15) is 0 Å². The van der Waals surface area contributed by atoms with Crippen LogP contribution in [0.15, 0.2) is 35.7 Å². The van der Waals surface area contributed by atoms with Gasteiger partial charge in [0.1, 0.15) is 5.82 Å². The molecule has 3 rings (SSSR count). The smallest absolute Gasteiger partial charge is 0.188 e. The number of aryl methyl sites for hydroxylation is 3. The van der Waals surface area contributed by atoms with Crippen LogP contribution in [-0.4, -0.2) is 14.8 Å². The van der Waals surface area contributed by atoms with Crippen molar-refractivity contribution in [2.45, 2.75) is 13.8 Å². The maximum atomic E-state index is 4.62. The molecular formula is C15H17ClN4S. The second-order valence-electron chi connectivity index (χ2n) is 4.82. The van der Waals surface area contributed by atoms with Crippen molar-refractivity contribution in [3.05, 3.63) is 47.0 Å². The third-order valence-corrected chi connectivity index (χ3v) is 3.85. The summed E-state index contributed by atoms with van der Waals surface area (Å²) >= 11 is 1.60. The molecule has 6 heteroatoms. The fourth-order valence-electron chi connectivity index (χ4n) is 2.03. The van der Waals surface area contributed by atoms with E-state index in [0.717, 1.165) is 27.9 Å². The van der Waals surface area contributed by atoms with Gasteiger partial charge >= 0.3 is 0 Å². The Kier molecular flexibility index (Phi) is 4.65. The number of nitrogens with zero attached hydrogens (tertiary/aromatic N) is 3. The Morgan fingerprint density at radius 3 is 2.48 bits per heavy atom. The Morgan fingerprint density at radius 1 is 1.14 bits per heavy atom. The van der Waals surface area contributed by atoms with Crippen molar-refractivity contribution in [2.75, 3.05) is 5.32 Å². The molecule has 110 valence electrons. The van der Waals surface area contributed by atoms with Gasteiger partial charge in [-0.05, 0) is 13.8 Å². The Labute approximate surface area is 134 Å². The zero-order valence-electron chi connectivity index (χ0n) is 12.1. The van der Waals surface area contributed by atoms with E-state index in [2.05, 4.69) is 52.0 Å². The molecular weight excluding hydrogens is 304 g/mol. The molecule has 0 amide bonds. The van der Waals surface area contributed by atoms with E-state index < -0.39 is 0 Å². The molecule has 3 aromatic rings. The average molecular weight is 321 g/mol. The molecule has 0 radical (unpaired) electrons. The zero-order valence-corrected chi connectivity index (χ0v) is 13.8. The van der Waals surface area contributed by atoms with Crippen LogP contribution in [0.1, 0.15) is 11.3 Å². The summed E-state index contributed by atoms with van der Waals surface area (Å²) in [5, 5.41) is 10.6. The van der Waals surface area contributed by atoms with E-state index in [1.165, 1.54) is 5.56 Å². The molecule has 0 saturated heterocycles. The Balaban J connectivity index is 0.00000161. The zero-order chi connectivity index (χ0) is 14.1. The van der Waals surface area contributed by atoms with E-state index in [1.54, 1.807) is 11.3 Å². The number of nitrogens with one attached hydrogen (secondary N) is 1. The second-order valence-corrected chi connectivity index (χ2v) is 5.68. The van der Waals surface area contributed by atoms with Gasteiger partial charge in [0.2, 0.25) is 0 Å². The van der Waals surface area contributed by atoms with Crippen LogP contribution in [0, 0.1) is 13.8 Å². The van der Waals surface area contributed by atoms with Gasteiger partial charge in [0, 0.05) is 24.1 Å². The van der Waals surface area contributed by atoms with Crippen molar-refractivity contribution < 1.29 is 0 Å². The molecule has 0 aliphatic carbocycles. The first kappa shape index (κ1) is 15.5. The average Bonchev–Trinajstić information content (AvgIpc) is 2.98. The maximum absolute atomic E-state index is 4.62. The van der Waals surface area contributed by atoms with Crippen LogP contribution in [0.3, 0.4) is 0 Å². The van der Waals surface area contributed by atoms with E-state index in [1.807, 2.05) is 24.7 Å². The molecule has 0 aliphatic rings. The third-order valence-electron chi connectivity index (χ3n) is 3.09. The van der Waals surface area contributed by atoms with Crippen molar-refractivity contribution in [1.82, 2.24) is 14.8 Å². The predicted molar refractivity (Wildman–Crippen MR) is 90.8 cm³/mol. The minimum atomic E-state index is 0. The second kappa shape index (κ2) is 6.28. The summed E-state index contributed by atoms with van der Waals surface area (Å²) in [5.41, 5.74) is 4.38. The molecule has 4 nitrogen and oxygen atoms in total. The SMILES string of the molecule is Cc1ccc(-c2csc(Nc3cc(C)nn3C)n2)cc1.Cl. The van der Waals surface area contributed by atoms with E-state index in [-0.39, 0.29) is 12.4 Å². The van der Waals surface area contributed by atoms with Gasteiger partial charge in [-0.1, -0.05) is 29.8 Å². The van der Waals surface area contributed by atoms with Gasteiger partial charge in [0.15, 0.2) is 5.13 Å². The predicted octanol–water partition coefficient (Wildman–Crippen LogP) is 4.33. The molecule has 0 unspecified atom stereocenters. The highest BCUT2D eigenvalue weighted by molar-refractivity contribution is 7.14. The van der Waals surface area contributed by atoms with Crippen LogP contribution < -0.4 is 5.32 Å². The van der Waals surface area contributed by atoms with Gasteiger partial charge in [-0.25, -0.2) is 4.98 Å². The molecule has 0 bridgehead atoms. The molecule has 0 atom stereocenters. The lowest BCUT2D eigenvalue weighted by molar-refractivity contribution is 0.765. The molecule has 21 heavy (non-hydrogen) atoms. The van der Waals surface area contributed by atoms with Crippen molar-refractivity contribution in [2.24, 2.45) is 7.05 Å². The Bertz CT molecular complexity index is 730. The normalized spacial score (nSPS) is 10.2. The Morgan fingerprint density at radius 2 is 1.86 bits per heavy atom. The summed E-state index contributed by atoms with van der Waals surface area (Å²) < 4.78 is 1.82. The van der Waals surface area contributed by atoms with Gasteiger partial charge < -0.3 is 5.32 Å². The summed E-state index contributed by atoms with van der Waals surface area (Å²) in [5.74, 6) is 0.951. The molecule has 0 aliphatic heterocycles. The van der Waals surface area contributed by atoms with E-state index in [0.29, 0.717) is 0 Å². The number of rotatable bonds is 3. The lowest BCUT2D eigenvalue weighted by atomic mass is 10.1. The van der Waals surface area contributed by atoms with Crippen molar-refractivity contribution in [3.63, 3.8) is 0 Å². The molecule has 2 heterocycles. The standard InChI is InChI=1S/C15H16N4S.ClH/c1-10-4-6-12(7-5-10)13-9-20-15(16-13)17-14-8-11(2)18-19(14)3;/h4-9H,1-3H3,(H,16,17);1H. The first-order valence-corrected chi connectivity index (χ1v) is 7.30. The van der Waals surface area contributed by atoms with Crippen LogP contribution >= 0.6 is 23.7 Å². The molecule has 0 spiro atoms. The number of hydrogen-bond acceptors (Lipinski definition) is 4. The molecule has 2 aromatic heterocycles. The van der Waals surface area contributed by atoms with Gasteiger partial charge in [0.25, 0.3) is 0 Å². The van der Waals surface area contributed by atoms with Crippen molar-refractivity contribution in [3.8, 4) is 11.3 Å². The Hall–Kier alpha value is -1.85. The first-order valence-electron chi connectivity index (χ1n) is 6.42. The number of aromatic nitrogens is 3. The largest absolute Gasteiger partial charge is 0.316 e. The lowest BCUT2D eigenvalue weighted by Gasteiger charge is -2.01. The van der Waals surface area contributed by atoms with Gasteiger partial charge in [0.05, 0.1) is 11.4 Å². The van der Waals surface area contributed by atoms with E-state index in [4.69, 9.17) is 0 Å². The fraction of sp³-hybridized carbons (Fsp3) is 0.200. The van der Waals surface area contributed by atoms with Crippen LogP contribution in [0.25, 0.3) is 11.3 Å². The summed E-state index contributed by atoms with van der Waals surface area (Å²) in [7, 11) is 1.92. The number of benzene rings is 1. The number of hydrogen-bond donors (Lipinski definition) is 1. The molecule has 0 saturated carbocycles. The number of anilines is 2. The quantitative estimate of drug-likeness (QED) is 0.781. The van der Waals surface area contributed by atoms with E-state index >= 15 is 0 Å². The highest BCUT2D eigenvalue weighted by atomic mass is 35.5. The summed E-state index contributed by atoms with van der Waals surface area (Å²) in [6, 6.07) is 10.4. The topological polar surface area (TPSA) is 42.7 Å². The molecule has 1 N–H and O–H groups in total. The molecule has 0 fully saturated rings. The highest BCUT2D eigenvalue weighted by Crippen LogP contribution is 2.27. The molecule has 1 aromatic carbocycles. The van der Waals surface area contributed by atoms with Gasteiger partial charge in [-0.3, -0.25) is 4.68 Å². The minimum absolute atomic E-state index is 0. The van der Waals surface area contributed by atoms with Gasteiger partial charge in [-0.2, -0.15) is 5.10 Å². The van der Waals surface area contributed by atoms with Crippen LogP contribution in [0.4, 0.5) is 10.9 Å². The summed E-state index contributed by atoms with van der Waals surface area (Å²) in [4.78, 5) is 4.62. The summed E-state index contributed by atoms with van der Waals surface area (Å²) in [6.45, 7) is 4.06. The van der Waals surface area contributed by atoms with Crippen LogP contribution in [0.5, 0.6) is 0 Å². The number of thiazole rings is 1. The summed E-state index contributed by atoms with van der Waals surface area (Å²) in [6.07, 6.45) is 0.